The number of rotatable bonds is 5. The van der Waals surface area contributed by atoms with Crippen LogP contribution >= 0.6 is 11.6 Å². The fourth-order valence-corrected chi connectivity index (χ4v) is 4.02. The summed E-state index contributed by atoms with van der Waals surface area (Å²) in [4.78, 5) is 25.3. The van der Waals surface area contributed by atoms with Gasteiger partial charge < -0.3 is 10.2 Å². The number of hydrogen-bond acceptors (Lipinski definition) is 2. The molecule has 1 saturated heterocycles. The minimum absolute atomic E-state index is 0.0117. The van der Waals surface area contributed by atoms with E-state index in [2.05, 4.69) is 5.32 Å². The molecule has 178 valence electrons. The Bertz CT molecular complexity index is 975. The SMILES string of the molecule is O=CN[C@H]1CCN(C(=O)c2cc(C(F)(F)F)cc(C(F)(F)F)c2)[C@H](Cc2ccc(Cl)cc2)C1. The molecule has 1 heterocycles. The number of piperidine rings is 1. The number of carbonyl (C=O) groups excluding carboxylic acids is 2. The lowest BCUT2D eigenvalue weighted by atomic mass is 9.91. The van der Waals surface area contributed by atoms with E-state index in [0.29, 0.717) is 30.0 Å². The third kappa shape index (κ3) is 6.19. The normalized spacial score (nSPS) is 19.3. The van der Waals surface area contributed by atoms with E-state index in [9.17, 15) is 35.9 Å². The first-order valence-electron chi connectivity index (χ1n) is 9.93. The molecule has 1 aliphatic heterocycles. The molecule has 3 rings (SSSR count). The van der Waals surface area contributed by atoms with E-state index in [1.807, 2.05) is 0 Å². The molecular weight excluding hydrogens is 474 g/mol. The topological polar surface area (TPSA) is 49.4 Å². The van der Waals surface area contributed by atoms with Crippen molar-refractivity contribution in [1.29, 1.82) is 0 Å². The molecule has 33 heavy (non-hydrogen) atoms. The lowest BCUT2D eigenvalue weighted by molar-refractivity contribution is -0.143. The van der Waals surface area contributed by atoms with Gasteiger partial charge in [0.05, 0.1) is 11.1 Å². The molecule has 1 aliphatic rings. The van der Waals surface area contributed by atoms with E-state index in [1.54, 1.807) is 24.3 Å². The van der Waals surface area contributed by atoms with Crippen LogP contribution < -0.4 is 5.32 Å². The van der Waals surface area contributed by atoms with E-state index in [4.69, 9.17) is 11.6 Å². The molecule has 0 unspecified atom stereocenters. The number of hydrogen-bond donors (Lipinski definition) is 1. The first-order valence-corrected chi connectivity index (χ1v) is 10.3. The molecule has 2 atom stereocenters. The van der Waals surface area contributed by atoms with Crippen LogP contribution in [0.15, 0.2) is 42.5 Å². The Morgan fingerprint density at radius 2 is 1.61 bits per heavy atom. The van der Waals surface area contributed by atoms with Crippen molar-refractivity contribution < 1.29 is 35.9 Å². The van der Waals surface area contributed by atoms with Crippen molar-refractivity contribution in [3.05, 3.63) is 69.7 Å². The number of alkyl halides is 6. The number of nitrogens with zero attached hydrogens (tertiary/aromatic N) is 1. The number of amides is 2. The average molecular weight is 493 g/mol. The number of benzene rings is 2. The van der Waals surface area contributed by atoms with Gasteiger partial charge in [-0.15, -0.1) is 0 Å². The summed E-state index contributed by atoms with van der Waals surface area (Å²) in [6.45, 7) is 0.0557. The van der Waals surface area contributed by atoms with E-state index >= 15 is 0 Å². The van der Waals surface area contributed by atoms with Gasteiger partial charge in [-0.3, -0.25) is 9.59 Å². The molecule has 0 aromatic heterocycles. The van der Waals surface area contributed by atoms with Crippen LogP contribution in [-0.2, 0) is 23.6 Å². The van der Waals surface area contributed by atoms with Crippen LogP contribution in [0.5, 0.6) is 0 Å². The Hall–Kier alpha value is -2.75. The van der Waals surface area contributed by atoms with Gasteiger partial charge in [-0.1, -0.05) is 23.7 Å². The second-order valence-electron chi connectivity index (χ2n) is 7.78. The summed E-state index contributed by atoms with van der Waals surface area (Å²) in [5.74, 6) is -0.935. The number of halogens is 7. The van der Waals surface area contributed by atoms with Gasteiger partial charge in [0.25, 0.3) is 5.91 Å². The van der Waals surface area contributed by atoms with Crippen LogP contribution in [0.25, 0.3) is 0 Å². The summed E-state index contributed by atoms with van der Waals surface area (Å²) >= 11 is 5.88. The van der Waals surface area contributed by atoms with E-state index in [-0.39, 0.29) is 31.5 Å². The summed E-state index contributed by atoms with van der Waals surface area (Å²) in [5, 5.41) is 3.12. The van der Waals surface area contributed by atoms with Crippen LogP contribution in [0.3, 0.4) is 0 Å². The summed E-state index contributed by atoms with van der Waals surface area (Å²) in [7, 11) is 0. The highest BCUT2D eigenvalue weighted by molar-refractivity contribution is 6.30. The van der Waals surface area contributed by atoms with Gasteiger partial charge in [0.15, 0.2) is 0 Å². The fraction of sp³-hybridized carbons (Fsp3) is 0.364. The van der Waals surface area contributed by atoms with Crippen molar-refractivity contribution >= 4 is 23.9 Å². The quantitative estimate of drug-likeness (QED) is 0.452. The molecule has 11 heteroatoms. The van der Waals surface area contributed by atoms with Gasteiger partial charge in [-0.2, -0.15) is 26.3 Å². The van der Waals surface area contributed by atoms with Gasteiger partial charge in [-0.05, 0) is 55.2 Å². The molecule has 0 radical (unpaired) electrons. The highest BCUT2D eigenvalue weighted by Gasteiger charge is 2.39. The molecule has 2 aromatic rings. The molecular formula is C22H19ClF6N2O2. The van der Waals surface area contributed by atoms with Crippen molar-refractivity contribution in [2.24, 2.45) is 0 Å². The summed E-state index contributed by atoms with van der Waals surface area (Å²) in [5.41, 5.74) is -3.02. The van der Waals surface area contributed by atoms with Crippen LogP contribution in [-0.4, -0.2) is 35.8 Å². The Balaban J connectivity index is 1.96. The Morgan fingerprint density at radius 1 is 1.03 bits per heavy atom. The van der Waals surface area contributed by atoms with Gasteiger partial charge in [0, 0.05) is 29.2 Å². The average Bonchev–Trinajstić information content (AvgIpc) is 2.74. The Labute approximate surface area is 190 Å². The van der Waals surface area contributed by atoms with Crippen molar-refractivity contribution in [2.45, 2.75) is 43.7 Å². The Kier molecular flexibility index (Phi) is 7.26. The van der Waals surface area contributed by atoms with Crippen LogP contribution in [0.1, 0.15) is 39.9 Å². The van der Waals surface area contributed by atoms with E-state index in [1.165, 1.54) is 4.90 Å². The third-order valence-electron chi connectivity index (χ3n) is 5.50. The molecule has 2 aromatic carbocycles. The van der Waals surface area contributed by atoms with Crippen molar-refractivity contribution in [1.82, 2.24) is 10.2 Å². The van der Waals surface area contributed by atoms with E-state index < -0.39 is 41.0 Å². The summed E-state index contributed by atoms with van der Waals surface area (Å²) in [6, 6.07) is 6.72. The maximum absolute atomic E-state index is 13.2. The van der Waals surface area contributed by atoms with Crippen LogP contribution in [0.2, 0.25) is 5.02 Å². The molecule has 2 amide bonds. The largest absolute Gasteiger partial charge is 0.416 e. The molecule has 4 nitrogen and oxygen atoms in total. The highest BCUT2D eigenvalue weighted by Crippen LogP contribution is 2.37. The van der Waals surface area contributed by atoms with E-state index in [0.717, 1.165) is 5.56 Å². The molecule has 0 aliphatic carbocycles. The third-order valence-corrected chi connectivity index (χ3v) is 5.75. The molecule has 1 N–H and O–H groups in total. The number of carbonyl (C=O) groups is 2. The second-order valence-corrected chi connectivity index (χ2v) is 8.22. The van der Waals surface area contributed by atoms with Crippen molar-refractivity contribution in [3.63, 3.8) is 0 Å². The van der Waals surface area contributed by atoms with Gasteiger partial charge >= 0.3 is 12.4 Å². The van der Waals surface area contributed by atoms with Gasteiger partial charge in [0.1, 0.15) is 0 Å². The first-order chi connectivity index (χ1) is 15.4. The zero-order valence-electron chi connectivity index (χ0n) is 17.0. The monoisotopic (exact) mass is 492 g/mol. The predicted octanol–water partition coefficient (Wildman–Crippen LogP) is 5.34. The Morgan fingerprint density at radius 3 is 2.12 bits per heavy atom. The fourth-order valence-electron chi connectivity index (χ4n) is 3.90. The maximum Gasteiger partial charge on any atom is 0.416 e. The molecule has 0 spiro atoms. The number of likely N-dealkylation sites (tertiary alicyclic amines) is 1. The van der Waals surface area contributed by atoms with Gasteiger partial charge in [0.2, 0.25) is 6.41 Å². The molecule has 0 saturated carbocycles. The maximum atomic E-state index is 13.2. The lowest BCUT2D eigenvalue weighted by Crippen LogP contribution is -2.51. The zero-order valence-corrected chi connectivity index (χ0v) is 17.8. The lowest BCUT2D eigenvalue weighted by Gasteiger charge is -2.39. The summed E-state index contributed by atoms with van der Waals surface area (Å²) in [6.07, 6.45) is -8.71. The second kappa shape index (κ2) is 9.62. The van der Waals surface area contributed by atoms with Crippen LogP contribution in [0, 0.1) is 0 Å². The first kappa shape index (κ1) is 24.9. The van der Waals surface area contributed by atoms with Crippen molar-refractivity contribution in [3.8, 4) is 0 Å². The van der Waals surface area contributed by atoms with Gasteiger partial charge in [-0.25, -0.2) is 0 Å². The zero-order chi connectivity index (χ0) is 24.4. The standard InChI is InChI=1S/C22H19ClF6N2O2/c23-17-3-1-13(2-4-17)7-19-11-18(30-12-32)5-6-31(19)20(33)14-8-15(21(24,25)26)10-16(9-14)22(27,28)29/h1-4,8-10,12,18-19H,5-7,11H2,(H,30,32)/t18-,19+/m0/s1. The predicted molar refractivity (Wildman–Crippen MR) is 109 cm³/mol. The minimum Gasteiger partial charge on any atom is -0.356 e. The van der Waals surface area contributed by atoms with Crippen molar-refractivity contribution in [2.75, 3.05) is 6.54 Å². The highest BCUT2D eigenvalue weighted by atomic mass is 35.5. The van der Waals surface area contributed by atoms with Crippen LogP contribution in [0.4, 0.5) is 26.3 Å². The number of nitrogens with one attached hydrogen (secondary N) is 1. The smallest absolute Gasteiger partial charge is 0.356 e. The summed E-state index contributed by atoms with van der Waals surface area (Å²) < 4.78 is 79.4. The minimum atomic E-state index is -5.06. The molecule has 1 fully saturated rings. The molecule has 0 bridgehead atoms.